The third-order valence-corrected chi connectivity index (χ3v) is 10.5. The van der Waals surface area contributed by atoms with E-state index in [1.807, 2.05) is 53.6 Å². The summed E-state index contributed by atoms with van der Waals surface area (Å²) in [6.45, 7) is 1.64. The van der Waals surface area contributed by atoms with Crippen LogP contribution in [-0.4, -0.2) is 190 Å². The Morgan fingerprint density at radius 3 is 1.76 bits per heavy atom. The third-order valence-electron chi connectivity index (χ3n) is 10.5. The van der Waals surface area contributed by atoms with Crippen LogP contribution in [0, 0.1) is 49.4 Å². The minimum absolute atomic E-state index is 0. The zero-order chi connectivity index (χ0) is 41.8. The number of rotatable bonds is 16. The van der Waals surface area contributed by atoms with E-state index in [9.17, 15) is 44.5 Å². The maximum Gasteiger partial charge on any atom is 3.00 e. The van der Waals surface area contributed by atoms with Gasteiger partial charge in [-0.1, -0.05) is 54.6 Å². The average Bonchev–Trinajstić information content (AvgIpc) is 3.19. The smallest absolute Gasteiger partial charge is 0.480 e. The fourth-order valence-electron chi connectivity index (χ4n) is 7.31. The molecule has 0 spiro atoms. The van der Waals surface area contributed by atoms with E-state index in [2.05, 4.69) is 4.98 Å². The predicted molar refractivity (Wildman–Crippen MR) is 217 cm³/mol. The molecule has 0 radical (unpaired) electrons. The van der Waals surface area contributed by atoms with E-state index in [-0.39, 0.29) is 147 Å². The van der Waals surface area contributed by atoms with Crippen LogP contribution in [0.15, 0.2) is 72.9 Å². The van der Waals surface area contributed by atoms with Crippen molar-refractivity contribution in [1.29, 1.82) is 0 Å². The first-order valence-electron chi connectivity index (χ1n) is 19.1. The first kappa shape index (κ1) is 48.2. The first-order chi connectivity index (χ1) is 27.8. The van der Waals surface area contributed by atoms with Gasteiger partial charge >= 0.3 is 74.4 Å². The molecule has 0 aliphatic carbocycles. The maximum atomic E-state index is 14.5. The molecule has 2 heterocycles. The number of pyridine rings is 1. The summed E-state index contributed by atoms with van der Waals surface area (Å²) in [5.41, 5.74) is 2.54. The molecule has 59 heavy (non-hydrogen) atoms. The van der Waals surface area contributed by atoms with Crippen molar-refractivity contribution in [3.8, 4) is 0 Å². The fourth-order valence-corrected chi connectivity index (χ4v) is 7.31. The topological polar surface area (TPSA) is 211 Å². The van der Waals surface area contributed by atoms with Gasteiger partial charge in [0.1, 0.15) is 0 Å². The SMILES string of the molecule is CON(Cc1ccccc1B(O)O)CC(c1ccc2ncc3ccccc3c2c1)N(C)C(=O)CN1CCN(CC(=O)O)CCN(CC(=O)O)CCN(CC(=O)O)CC1.[Eu+3]. The second-order valence-electron chi connectivity index (χ2n) is 14.5. The Kier molecular flexibility index (Phi) is 19.2. The summed E-state index contributed by atoms with van der Waals surface area (Å²) in [6, 6.07) is 20.1. The van der Waals surface area contributed by atoms with Crippen LogP contribution < -0.4 is 5.46 Å². The Morgan fingerprint density at radius 1 is 0.729 bits per heavy atom. The van der Waals surface area contributed by atoms with Crippen molar-refractivity contribution in [2.75, 3.05) is 99.2 Å². The Balaban J connectivity index is 0.00000769. The van der Waals surface area contributed by atoms with Crippen molar-refractivity contribution in [2.24, 2.45) is 0 Å². The van der Waals surface area contributed by atoms with Gasteiger partial charge in [-0.3, -0.25) is 43.8 Å². The zero-order valence-corrected chi connectivity index (χ0v) is 35.7. The number of aromatic nitrogens is 1. The number of carboxylic acids is 3. The molecule has 1 aliphatic rings. The predicted octanol–water partition coefficient (Wildman–Crippen LogP) is 0.106. The van der Waals surface area contributed by atoms with Gasteiger partial charge in [-0.25, -0.2) is 0 Å². The molecule has 0 saturated carbocycles. The molecule has 3 aromatic carbocycles. The molecular formula is C40H52BEuN7O10+3. The van der Waals surface area contributed by atoms with Crippen LogP contribution in [0.4, 0.5) is 0 Å². The van der Waals surface area contributed by atoms with Crippen molar-refractivity contribution < 1.29 is 98.8 Å². The number of aliphatic carboxylic acids is 3. The van der Waals surface area contributed by atoms with E-state index in [0.717, 1.165) is 27.2 Å². The first-order valence-corrected chi connectivity index (χ1v) is 19.1. The largest absolute Gasteiger partial charge is 3.00 e. The Labute approximate surface area is 384 Å². The van der Waals surface area contributed by atoms with E-state index in [1.54, 1.807) is 56.0 Å². The number of fused-ring (bicyclic) bond motifs is 3. The Bertz CT molecular complexity index is 2020. The number of benzene rings is 3. The van der Waals surface area contributed by atoms with Gasteiger partial charge in [0.25, 0.3) is 0 Å². The minimum atomic E-state index is -1.70. The van der Waals surface area contributed by atoms with Gasteiger partial charge < -0.3 is 35.1 Å². The maximum absolute atomic E-state index is 14.5. The molecule has 19 heteroatoms. The summed E-state index contributed by atoms with van der Waals surface area (Å²) in [6.07, 6.45) is 1.82. The number of carboxylic acid groups (broad SMARTS) is 3. The van der Waals surface area contributed by atoms with Gasteiger partial charge in [0, 0.05) is 89.5 Å². The van der Waals surface area contributed by atoms with E-state index in [1.165, 1.54) is 7.11 Å². The van der Waals surface area contributed by atoms with Gasteiger partial charge in [-0.05, 0) is 34.1 Å². The van der Waals surface area contributed by atoms with E-state index in [0.29, 0.717) is 11.0 Å². The zero-order valence-electron chi connectivity index (χ0n) is 33.3. The number of hydrogen-bond acceptors (Lipinski definition) is 13. The van der Waals surface area contributed by atoms with Crippen LogP contribution in [0.3, 0.4) is 0 Å². The molecule has 1 amide bonds. The number of hydroxylamine groups is 2. The molecule has 0 bridgehead atoms. The molecule has 5 rings (SSSR count). The average molecular weight is 954 g/mol. The van der Waals surface area contributed by atoms with Crippen molar-refractivity contribution in [3.63, 3.8) is 0 Å². The molecule has 1 aromatic heterocycles. The summed E-state index contributed by atoms with van der Waals surface area (Å²) in [4.78, 5) is 68.8. The molecule has 1 unspecified atom stereocenters. The normalized spacial score (nSPS) is 15.9. The minimum Gasteiger partial charge on any atom is -0.480 e. The molecule has 17 nitrogen and oxygen atoms in total. The van der Waals surface area contributed by atoms with E-state index >= 15 is 0 Å². The summed E-state index contributed by atoms with van der Waals surface area (Å²) >= 11 is 0. The second kappa shape index (κ2) is 23.5. The summed E-state index contributed by atoms with van der Waals surface area (Å²) in [5.74, 6) is -3.36. The summed E-state index contributed by atoms with van der Waals surface area (Å²) in [7, 11) is 1.52. The van der Waals surface area contributed by atoms with Gasteiger partial charge in [0.15, 0.2) is 0 Å². The van der Waals surface area contributed by atoms with E-state index < -0.39 is 31.1 Å². The monoisotopic (exact) mass is 954 g/mol. The van der Waals surface area contributed by atoms with Crippen LogP contribution in [0.2, 0.25) is 0 Å². The number of amides is 1. The number of likely N-dealkylation sites (N-methyl/N-ethyl adjacent to an activating group) is 1. The third kappa shape index (κ3) is 14.3. The van der Waals surface area contributed by atoms with Crippen LogP contribution in [-0.2, 0) is 30.6 Å². The van der Waals surface area contributed by atoms with Crippen molar-refractivity contribution >= 4 is 58.1 Å². The number of carbonyl (C=O) groups excluding carboxylic acids is 1. The molecule has 314 valence electrons. The van der Waals surface area contributed by atoms with Gasteiger partial charge in [-0.15, -0.1) is 0 Å². The Hall–Kier alpha value is -3.46. The number of nitrogens with zero attached hydrogens (tertiary/aromatic N) is 7. The van der Waals surface area contributed by atoms with Crippen LogP contribution >= 0.6 is 0 Å². The van der Waals surface area contributed by atoms with Crippen molar-refractivity contribution in [1.82, 2.24) is 34.5 Å². The quantitative estimate of drug-likeness (QED) is 0.0574. The van der Waals surface area contributed by atoms with Crippen LogP contribution in [0.25, 0.3) is 21.7 Å². The van der Waals surface area contributed by atoms with Gasteiger partial charge in [0.2, 0.25) is 5.91 Å². The van der Waals surface area contributed by atoms with Crippen molar-refractivity contribution in [3.05, 3.63) is 84.1 Å². The standard InChI is InChI=1S/C40H52BN7O10.Eu/c1-43(37(49)25-44-13-15-45(26-38(50)51)17-19-47(28-40(54)55)20-18-46(16-14-44)27-39(52)53)36(24-48(58-2)23-31-8-4-6-10-34(31)41(56)57)29-11-12-35-33(21-29)32-9-5-3-7-30(32)22-42-35;/h3-12,21-22,36,56-57H,13-20,23-28H2,1-2H3,(H,50,51)(H,52,53)(H,54,55);/q;+3. The van der Waals surface area contributed by atoms with Crippen molar-refractivity contribution in [2.45, 2.75) is 12.6 Å². The second-order valence-corrected chi connectivity index (χ2v) is 14.5. The van der Waals surface area contributed by atoms with Crippen LogP contribution in [0.5, 0.6) is 0 Å². The molecular weight excluding hydrogens is 901 g/mol. The molecule has 1 fully saturated rings. The number of hydrogen-bond donors (Lipinski definition) is 5. The molecule has 1 aliphatic heterocycles. The molecule has 5 N–H and O–H groups in total. The molecule has 1 saturated heterocycles. The molecule has 1 atom stereocenters. The summed E-state index contributed by atoms with van der Waals surface area (Å²) in [5, 5.41) is 53.4. The van der Waals surface area contributed by atoms with Gasteiger partial charge in [-0.2, -0.15) is 5.06 Å². The van der Waals surface area contributed by atoms with E-state index in [4.69, 9.17) is 4.84 Å². The Morgan fingerprint density at radius 2 is 1.24 bits per heavy atom. The fraction of sp³-hybridized carbons (Fsp3) is 0.425. The van der Waals surface area contributed by atoms with Gasteiger partial charge in [0.05, 0.1) is 44.8 Å². The number of carbonyl (C=O) groups is 4. The summed E-state index contributed by atoms with van der Waals surface area (Å²) < 4.78 is 0. The van der Waals surface area contributed by atoms with Crippen LogP contribution in [0.1, 0.15) is 17.2 Å². The molecule has 4 aromatic rings.